The van der Waals surface area contributed by atoms with Crippen LogP contribution in [-0.4, -0.2) is 83.1 Å². The number of aliphatic hydroxyl groups excluding tert-OH is 1. The van der Waals surface area contributed by atoms with Crippen LogP contribution in [0.4, 0.5) is 0 Å². The highest BCUT2D eigenvalue weighted by Crippen LogP contribution is 2.04. The van der Waals surface area contributed by atoms with Crippen LogP contribution >= 0.6 is 0 Å². The van der Waals surface area contributed by atoms with E-state index in [1.807, 2.05) is 0 Å². The summed E-state index contributed by atoms with van der Waals surface area (Å²) in [5.41, 5.74) is 21.0. The van der Waals surface area contributed by atoms with E-state index in [0.717, 1.165) is 0 Å². The first-order chi connectivity index (χ1) is 14.9. The molecule has 15 nitrogen and oxygen atoms in total. The van der Waals surface area contributed by atoms with Crippen molar-refractivity contribution in [3.05, 3.63) is 0 Å². The molecule has 0 saturated heterocycles. The summed E-state index contributed by atoms with van der Waals surface area (Å²) in [6.07, 6.45) is -0.165. The van der Waals surface area contributed by atoms with Gasteiger partial charge in [-0.05, 0) is 26.2 Å². The monoisotopic (exact) mass is 460 g/mol. The Labute approximate surface area is 184 Å². The molecule has 32 heavy (non-hydrogen) atoms. The van der Waals surface area contributed by atoms with Crippen molar-refractivity contribution in [2.75, 3.05) is 13.2 Å². The highest BCUT2D eigenvalue weighted by Gasteiger charge is 2.29. The molecule has 0 spiro atoms. The fourth-order valence-corrected chi connectivity index (χ4v) is 2.34. The van der Waals surface area contributed by atoms with E-state index in [1.54, 1.807) is 0 Å². The van der Waals surface area contributed by atoms with E-state index in [-0.39, 0.29) is 38.2 Å². The Kier molecular flexibility index (Phi) is 13.0. The Hall–Kier alpha value is -3.46. The third-order valence-electron chi connectivity index (χ3n) is 4.15. The largest absolute Gasteiger partial charge is 0.480 e. The lowest BCUT2D eigenvalue weighted by Crippen LogP contribution is -2.57. The molecular formula is C17H32N8O7. The molecule has 0 saturated carbocycles. The molecule has 0 radical (unpaired) electrons. The van der Waals surface area contributed by atoms with Crippen molar-refractivity contribution in [3.63, 3.8) is 0 Å². The van der Waals surface area contributed by atoms with Crippen molar-refractivity contribution in [1.29, 1.82) is 0 Å². The second-order valence-corrected chi connectivity index (χ2v) is 6.93. The fourth-order valence-electron chi connectivity index (χ4n) is 2.34. The van der Waals surface area contributed by atoms with Crippen molar-refractivity contribution >= 4 is 35.6 Å². The average molecular weight is 460 g/mol. The van der Waals surface area contributed by atoms with Crippen molar-refractivity contribution in [2.24, 2.45) is 27.9 Å². The van der Waals surface area contributed by atoms with Gasteiger partial charge in [0.05, 0.1) is 6.61 Å². The minimum Gasteiger partial charge on any atom is -0.480 e. The number of guanidine groups is 1. The Balaban J connectivity index is 5.43. The highest BCUT2D eigenvalue weighted by atomic mass is 16.4. The average Bonchev–Trinajstić information content (AvgIpc) is 2.71. The summed E-state index contributed by atoms with van der Waals surface area (Å²) >= 11 is 0. The molecule has 0 bridgehead atoms. The number of nitrogens with two attached hydrogens (primary N) is 4. The van der Waals surface area contributed by atoms with E-state index in [0.29, 0.717) is 0 Å². The number of hydrogen-bond donors (Lipinski definition) is 9. The summed E-state index contributed by atoms with van der Waals surface area (Å²) in [5.74, 6) is -4.67. The molecule has 0 rings (SSSR count). The molecule has 4 amide bonds. The Morgan fingerprint density at radius 1 is 0.906 bits per heavy atom. The van der Waals surface area contributed by atoms with Gasteiger partial charge >= 0.3 is 5.97 Å². The van der Waals surface area contributed by atoms with Crippen LogP contribution < -0.4 is 38.9 Å². The predicted octanol–water partition coefficient (Wildman–Crippen LogP) is -4.82. The number of aliphatic carboxylic acids is 1. The molecule has 0 aromatic rings. The molecule has 4 unspecified atom stereocenters. The molecule has 0 aliphatic heterocycles. The number of carbonyl (C=O) groups is 5. The van der Waals surface area contributed by atoms with E-state index in [9.17, 15) is 24.0 Å². The Morgan fingerprint density at radius 2 is 1.44 bits per heavy atom. The first kappa shape index (κ1) is 28.5. The quantitative estimate of drug-likeness (QED) is 0.0638. The highest BCUT2D eigenvalue weighted by molar-refractivity contribution is 5.94. The summed E-state index contributed by atoms with van der Waals surface area (Å²) in [7, 11) is 0. The van der Waals surface area contributed by atoms with Gasteiger partial charge in [-0.25, -0.2) is 0 Å². The van der Waals surface area contributed by atoms with Gasteiger partial charge in [0.25, 0.3) is 0 Å². The second-order valence-electron chi connectivity index (χ2n) is 6.93. The molecule has 0 aromatic carbocycles. The maximum Gasteiger partial charge on any atom is 0.325 e. The molecule has 0 fully saturated rings. The zero-order valence-electron chi connectivity index (χ0n) is 17.7. The van der Waals surface area contributed by atoms with Gasteiger partial charge in [0, 0.05) is 13.0 Å². The zero-order chi connectivity index (χ0) is 24.8. The van der Waals surface area contributed by atoms with Crippen LogP contribution in [0, 0.1) is 0 Å². The molecular weight excluding hydrogens is 428 g/mol. The van der Waals surface area contributed by atoms with Crippen molar-refractivity contribution < 1.29 is 34.2 Å². The predicted molar refractivity (Wildman–Crippen MR) is 113 cm³/mol. The van der Waals surface area contributed by atoms with Crippen LogP contribution in [0.25, 0.3) is 0 Å². The molecule has 0 aliphatic carbocycles. The number of nitrogens with zero attached hydrogens (tertiary/aromatic N) is 1. The van der Waals surface area contributed by atoms with Crippen LogP contribution in [0.1, 0.15) is 32.6 Å². The van der Waals surface area contributed by atoms with Gasteiger partial charge in [-0.1, -0.05) is 0 Å². The maximum absolute atomic E-state index is 12.8. The molecule has 0 heterocycles. The number of carbonyl (C=O) groups excluding carboxylic acids is 4. The van der Waals surface area contributed by atoms with Gasteiger partial charge in [-0.15, -0.1) is 0 Å². The summed E-state index contributed by atoms with van der Waals surface area (Å²) in [6.45, 7) is 0.705. The van der Waals surface area contributed by atoms with Gasteiger partial charge < -0.3 is 49.1 Å². The van der Waals surface area contributed by atoms with E-state index < -0.39 is 60.4 Å². The second kappa shape index (κ2) is 14.5. The first-order valence-electron chi connectivity index (χ1n) is 9.73. The fraction of sp³-hybridized carbons (Fsp3) is 0.647. The number of primary amides is 1. The third kappa shape index (κ3) is 11.7. The molecule has 15 heteroatoms. The lowest BCUT2D eigenvalue weighted by Gasteiger charge is -2.24. The Bertz CT molecular complexity index is 711. The van der Waals surface area contributed by atoms with Gasteiger partial charge in [-0.2, -0.15) is 0 Å². The number of aliphatic imine (C=N–C) groups is 1. The molecule has 0 aliphatic rings. The summed E-state index contributed by atoms with van der Waals surface area (Å²) in [6, 6.07) is -5.03. The standard InChI is InChI=1S/C17H32N8O7/c1-8(16(31)32)23-14(29)11(4-5-12(19)27)25-15(30)10(3-2-6-22-17(20)21)24-13(28)9(18)7-26/h8-11,26H,2-7,18H2,1H3,(H2,19,27)(H,23,29)(H,24,28)(H,25,30)(H,31,32)(H4,20,21,22). The zero-order valence-corrected chi connectivity index (χ0v) is 17.7. The van der Waals surface area contributed by atoms with Crippen molar-refractivity contribution in [2.45, 2.75) is 56.8 Å². The summed E-state index contributed by atoms with van der Waals surface area (Å²) in [5, 5.41) is 24.9. The van der Waals surface area contributed by atoms with Crippen LogP contribution in [0.3, 0.4) is 0 Å². The number of carboxylic acids is 1. The molecule has 4 atom stereocenters. The molecule has 13 N–H and O–H groups in total. The van der Waals surface area contributed by atoms with Crippen LogP contribution in [0.15, 0.2) is 4.99 Å². The number of aliphatic hydroxyl groups is 1. The normalized spacial score (nSPS) is 14.2. The van der Waals surface area contributed by atoms with Gasteiger partial charge in [0.2, 0.25) is 23.6 Å². The van der Waals surface area contributed by atoms with Crippen LogP contribution in [0.5, 0.6) is 0 Å². The minimum atomic E-state index is -1.31. The maximum atomic E-state index is 12.8. The summed E-state index contributed by atoms with van der Waals surface area (Å²) < 4.78 is 0. The van der Waals surface area contributed by atoms with E-state index in [1.165, 1.54) is 6.92 Å². The Morgan fingerprint density at radius 3 is 1.94 bits per heavy atom. The number of rotatable bonds is 15. The van der Waals surface area contributed by atoms with Crippen molar-refractivity contribution in [1.82, 2.24) is 16.0 Å². The first-order valence-corrected chi connectivity index (χ1v) is 9.73. The van der Waals surface area contributed by atoms with Gasteiger partial charge in [-0.3, -0.25) is 29.0 Å². The number of nitrogens with one attached hydrogen (secondary N) is 3. The molecule has 182 valence electrons. The SMILES string of the molecule is CC(NC(=O)C(CCC(N)=O)NC(=O)C(CCCN=C(N)N)NC(=O)C(N)CO)C(=O)O. The van der Waals surface area contributed by atoms with Crippen LogP contribution in [0.2, 0.25) is 0 Å². The summed E-state index contributed by atoms with van der Waals surface area (Å²) in [4.78, 5) is 63.1. The third-order valence-corrected chi connectivity index (χ3v) is 4.15. The lowest BCUT2D eigenvalue weighted by atomic mass is 10.1. The smallest absolute Gasteiger partial charge is 0.325 e. The van der Waals surface area contributed by atoms with E-state index in [4.69, 9.17) is 33.1 Å². The van der Waals surface area contributed by atoms with Gasteiger partial charge in [0.1, 0.15) is 24.2 Å². The number of hydrogen-bond acceptors (Lipinski definition) is 8. The molecule has 0 aromatic heterocycles. The topological polar surface area (TPSA) is 278 Å². The number of carboxylic acid groups (broad SMARTS) is 1. The van der Waals surface area contributed by atoms with E-state index >= 15 is 0 Å². The number of amides is 4. The van der Waals surface area contributed by atoms with E-state index in [2.05, 4.69) is 20.9 Å². The van der Waals surface area contributed by atoms with Crippen molar-refractivity contribution in [3.8, 4) is 0 Å². The van der Waals surface area contributed by atoms with Crippen LogP contribution in [-0.2, 0) is 24.0 Å². The lowest BCUT2D eigenvalue weighted by molar-refractivity contribution is -0.142. The minimum absolute atomic E-state index is 0.0438. The van der Waals surface area contributed by atoms with Gasteiger partial charge in [0.15, 0.2) is 5.96 Å².